The van der Waals surface area contributed by atoms with Crippen LogP contribution in [-0.4, -0.2) is 34.3 Å². The second-order valence-corrected chi connectivity index (χ2v) is 7.70. The lowest BCUT2D eigenvalue weighted by atomic mass is 10.1. The summed E-state index contributed by atoms with van der Waals surface area (Å²) < 4.78 is 5.28. The van der Waals surface area contributed by atoms with E-state index in [2.05, 4.69) is 25.8 Å². The molecule has 2 heterocycles. The fourth-order valence-corrected chi connectivity index (χ4v) is 3.36. The molecule has 0 bridgehead atoms. The average Bonchev–Trinajstić information content (AvgIpc) is 3.37. The van der Waals surface area contributed by atoms with Crippen LogP contribution in [0.3, 0.4) is 0 Å². The van der Waals surface area contributed by atoms with Crippen LogP contribution in [0.1, 0.15) is 24.6 Å². The Morgan fingerprint density at radius 1 is 1.29 bits per heavy atom. The molecule has 2 aromatic heterocycles. The molecule has 1 atom stereocenters. The van der Waals surface area contributed by atoms with E-state index in [0.717, 1.165) is 10.4 Å². The van der Waals surface area contributed by atoms with Crippen LogP contribution in [0.25, 0.3) is 11.4 Å². The third-order valence-corrected chi connectivity index (χ3v) is 5.31. The lowest BCUT2D eigenvalue weighted by Crippen LogP contribution is -2.44. The second-order valence-electron chi connectivity index (χ2n) is 6.32. The molecule has 0 fully saturated rings. The summed E-state index contributed by atoms with van der Waals surface area (Å²) in [6, 6.07) is 11.0. The number of nitrogens with zero attached hydrogens (tertiary/aromatic N) is 3. The maximum Gasteiger partial charge on any atom is 0.248 e. The van der Waals surface area contributed by atoms with Crippen LogP contribution in [-0.2, 0) is 12.1 Å². The Kier molecular flexibility index (Phi) is 6.66. The third kappa shape index (κ3) is 5.31. The zero-order valence-corrected chi connectivity index (χ0v) is 17.2. The Hall–Kier alpha value is -2.42. The van der Waals surface area contributed by atoms with Crippen LogP contribution in [0.15, 0.2) is 51.3 Å². The van der Waals surface area contributed by atoms with Crippen molar-refractivity contribution in [3.63, 3.8) is 0 Å². The molecule has 0 radical (unpaired) electrons. The lowest BCUT2D eigenvalue weighted by Gasteiger charge is -2.23. The zero-order chi connectivity index (χ0) is 20.0. The maximum absolute atomic E-state index is 10.6. The number of aliphatic hydroxyl groups is 1. The van der Waals surface area contributed by atoms with Gasteiger partial charge in [-0.2, -0.15) is 4.98 Å². The normalized spacial score (nSPS) is 13.9. The third-order valence-electron chi connectivity index (χ3n) is 3.94. The summed E-state index contributed by atoms with van der Waals surface area (Å²) in [6.07, 6.45) is 0. The highest BCUT2D eigenvalue weighted by Crippen LogP contribution is 2.24. The Morgan fingerprint density at radius 2 is 2.07 bits per heavy atom. The molecule has 7 nitrogen and oxygen atoms in total. The van der Waals surface area contributed by atoms with Crippen molar-refractivity contribution in [1.29, 1.82) is 0 Å². The predicted octanol–water partition coefficient (Wildman–Crippen LogP) is 3.41. The van der Waals surface area contributed by atoms with E-state index < -0.39 is 5.60 Å². The summed E-state index contributed by atoms with van der Waals surface area (Å²) in [7, 11) is 0. The summed E-state index contributed by atoms with van der Waals surface area (Å²) in [5.41, 5.74) is -0.170. The van der Waals surface area contributed by atoms with Gasteiger partial charge in [0.15, 0.2) is 5.96 Å². The number of hydrogen-bond donors (Lipinski definition) is 3. The molecule has 3 aromatic rings. The summed E-state index contributed by atoms with van der Waals surface area (Å²) >= 11 is 7.41. The molecule has 0 saturated heterocycles. The van der Waals surface area contributed by atoms with Gasteiger partial charge in [-0.25, -0.2) is 4.99 Å². The number of rotatable bonds is 7. The summed E-state index contributed by atoms with van der Waals surface area (Å²) in [4.78, 5) is 9.71. The molecule has 0 aliphatic heterocycles. The van der Waals surface area contributed by atoms with Crippen molar-refractivity contribution < 1.29 is 9.63 Å². The average molecular weight is 420 g/mol. The molecule has 0 amide bonds. The highest BCUT2D eigenvalue weighted by atomic mass is 35.5. The van der Waals surface area contributed by atoms with Crippen molar-refractivity contribution in [2.24, 2.45) is 4.99 Å². The molecular weight excluding hydrogens is 398 g/mol. The molecule has 148 valence electrons. The van der Waals surface area contributed by atoms with E-state index in [4.69, 9.17) is 16.1 Å². The number of thiophene rings is 1. The first-order chi connectivity index (χ1) is 13.5. The van der Waals surface area contributed by atoms with Crippen LogP contribution in [0, 0.1) is 0 Å². The van der Waals surface area contributed by atoms with Gasteiger partial charge in [0.05, 0.1) is 6.54 Å². The quantitative estimate of drug-likeness (QED) is 0.401. The standard InChI is InChI=1S/C19H22ClN5O2S/c1-3-21-18(23-12-19(2,26)15-5-4-10-28-15)22-11-16-24-17(25-27-16)13-6-8-14(20)9-7-13/h4-10,26H,3,11-12H2,1-2H3,(H2,21,22,23). The highest BCUT2D eigenvalue weighted by Gasteiger charge is 2.24. The van der Waals surface area contributed by atoms with Crippen LogP contribution in [0.2, 0.25) is 5.02 Å². The first-order valence-electron chi connectivity index (χ1n) is 8.85. The van der Waals surface area contributed by atoms with Gasteiger partial charge < -0.3 is 20.3 Å². The molecule has 28 heavy (non-hydrogen) atoms. The summed E-state index contributed by atoms with van der Waals surface area (Å²) in [5.74, 6) is 1.44. The van der Waals surface area contributed by atoms with Crippen LogP contribution in [0.4, 0.5) is 0 Å². The molecule has 0 spiro atoms. The van der Waals surface area contributed by atoms with Crippen molar-refractivity contribution >= 4 is 28.9 Å². The van der Waals surface area contributed by atoms with Gasteiger partial charge in [-0.1, -0.05) is 22.8 Å². The number of aliphatic imine (C=N–C) groups is 1. The van der Waals surface area contributed by atoms with E-state index >= 15 is 0 Å². The largest absolute Gasteiger partial charge is 0.383 e. The van der Waals surface area contributed by atoms with E-state index in [0.29, 0.717) is 35.8 Å². The molecule has 1 aromatic carbocycles. The van der Waals surface area contributed by atoms with Gasteiger partial charge in [-0.05, 0) is 49.6 Å². The Morgan fingerprint density at radius 3 is 2.75 bits per heavy atom. The first-order valence-corrected chi connectivity index (χ1v) is 10.1. The molecule has 3 N–H and O–H groups in total. The lowest BCUT2D eigenvalue weighted by molar-refractivity contribution is 0.0655. The van der Waals surface area contributed by atoms with Gasteiger partial charge in [-0.3, -0.25) is 0 Å². The van der Waals surface area contributed by atoms with Gasteiger partial charge in [0.1, 0.15) is 12.1 Å². The molecule has 0 aliphatic carbocycles. The Labute approximate surface area is 172 Å². The molecule has 1 unspecified atom stereocenters. The van der Waals surface area contributed by atoms with Crippen molar-refractivity contribution in [3.8, 4) is 11.4 Å². The van der Waals surface area contributed by atoms with E-state index in [-0.39, 0.29) is 6.54 Å². The number of aromatic nitrogens is 2. The van der Waals surface area contributed by atoms with Crippen molar-refractivity contribution in [3.05, 3.63) is 57.6 Å². The van der Waals surface area contributed by atoms with E-state index in [9.17, 15) is 5.11 Å². The fourth-order valence-electron chi connectivity index (χ4n) is 2.45. The first kappa shape index (κ1) is 20.3. The number of benzene rings is 1. The highest BCUT2D eigenvalue weighted by molar-refractivity contribution is 7.10. The van der Waals surface area contributed by atoms with Gasteiger partial charge in [-0.15, -0.1) is 11.3 Å². The second kappa shape index (κ2) is 9.18. The minimum atomic E-state index is -0.989. The number of nitrogens with one attached hydrogen (secondary N) is 2. The minimum absolute atomic E-state index is 0.219. The minimum Gasteiger partial charge on any atom is -0.383 e. The van der Waals surface area contributed by atoms with Crippen LogP contribution in [0.5, 0.6) is 0 Å². The van der Waals surface area contributed by atoms with Gasteiger partial charge in [0.25, 0.3) is 0 Å². The van der Waals surface area contributed by atoms with Crippen molar-refractivity contribution in [2.75, 3.05) is 13.1 Å². The number of guanidine groups is 1. The SMILES string of the molecule is CCNC(=NCc1nc(-c2ccc(Cl)cc2)no1)NCC(C)(O)c1cccs1. The number of halogens is 1. The molecule has 0 aliphatic rings. The predicted molar refractivity (Wildman–Crippen MR) is 111 cm³/mol. The monoisotopic (exact) mass is 419 g/mol. The van der Waals surface area contributed by atoms with Crippen molar-refractivity contribution in [1.82, 2.24) is 20.8 Å². The zero-order valence-electron chi connectivity index (χ0n) is 15.6. The fraction of sp³-hybridized carbons (Fsp3) is 0.316. The van der Waals surface area contributed by atoms with Gasteiger partial charge in [0.2, 0.25) is 11.7 Å². The summed E-state index contributed by atoms with van der Waals surface area (Å²) in [6.45, 7) is 4.97. The smallest absolute Gasteiger partial charge is 0.248 e. The van der Waals surface area contributed by atoms with Crippen LogP contribution < -0.4 is 10.6 Å². The Balaban J connectivity index is 1.63. The topological polar surface area (TPSA) is 95.6 Å². The summed E-state index contributed by atoms with van der Waals surface area (Å²) in [5, 5.41) is 23.5. The van der Waals surface area contributed by atoms with E-state index in [1.165, 1.54) is 11.3 Å². The van der Waals surface area contributed by atoms with E-state index in [1.807, 2.05) is 36.6 Å². The van der Waals surface area contributed by atoms with Crippen molar-refractivity contribution in [2.45, 2.75) is 26.0 Å². The molecule has 0 saturated carbocycles. The van der Waals surface area contributed by atoms with Gasteiger partial charge in [0, 0.05) is 22.0 Å². The molecule has 9 heteroatoms. The number of hydrogen-bond acceptors (Lipinski definition) is 6. The molecular formula is C19H22ClN5O2S. The molecule has 3 rings (SSSR count). The Bertz CT molecular complexity index is 907. The van der Waals surface area contributed by atoms with E-state index in [1.54, 1.807) is 19.1 Å². The van der Waals surface area contributed by atoms with Gasteiger partial charge >= 0.3 is 0 Å². The van der Waals surface area contributed by atoms with Crippen LogP contribution >= 0.6 is 22.9 Å². The maximum atomic E-state index is 10.6.